The summed E-state index contributed by atoms with van der Waals surface area (Å²) in [5, 5.41) is 3.24. The molecule has 0 bridgehead atoms. The first-order chi connectivity index (χ1) is 10.5. The van der Waals surface area contributed by atoms with Crippen molar-refractivity contribution in [2.75, 3.05) is 0 Å². The lowest BCUT2D eigenvalue weighted by atomic mass is 10.2. The highest BCUT2D eigenvalue weighted by Gasteiger charge is 2.13. The number of carbonyl (C=O) groups is 2. The zero-order valence-corrected chi connectivity index (χ0v) is 13.0. The van der Waals surface area contributed by atoms with Crippen LogP contribution in [0.1, 0.15) is 27.4 Å². The van der Waals surface area contributed by atoms with Gasteiger partial charge in [-0.1, -0.05) is 23.7 Å². The molecule has 1 heterocycles. The predicted molar refractivity (Wildman–Crippen MR) is 82.5 cm³/mol. The summed E-state index contributed by atoms with van der Waals surface area (Å²) in [7, 11) is 0. The minimum atomic E-state index is -0.513. The van der Waals surface area contributed by atoms with E-state index in [1.807, 2.05) is 0 Å². The lowest BCUT2D eigenvalue weighted by Crippen LogP contribution is -2.46. The van der Waals surface area contributed by atoms with Gasteiger partial charge >= 0.3 is 6.03 Å². The summed E-state index contributed by atoms with van der Waals surface area (Å²) >= 11 is 5.78. The van der Waals surface area contributed by atoms with E-state index in [0.717, 1.165) is 5.56 Å². The second-order valence-corrected chi connectivity index (χ2v) is 5.15. The molecule has 2 rings (SSSR count). The molecule has 7 heteroatoms. The Morgan fingerprint density at radius 1 is 1.14 bits per heavy atom. The Labute approximate surface area is 132 Å². The smallest absolute Gasteiger partial charge is 0.333 e. The molecule has 0 fully saturated rings. The maximum Gasteiger partial charge on any atom is 0.333 e. The van der Waals surface area contributed by atoms with Gasteiger partial charge in [-0.3, -0.25) is 10.2 Å². The average molecular weight is 322 g/mol. The number of furan rings is 1. The van der Waals surface area contributed by atoms with E-state index in [1.54, 1.807) is 44.2 Å². The van der Waals surface area contributed by atoms with E-state index in [4.69, 9.17) is 16.0 Å². The lowest BCUT2D eigenvalue weighted by Gasteiger charge is -2.08. The molecule has 0 aliphatic carbocycles. The molecule has 22 heavy (non-hydrogen) atoms. The Morgan fingerprint density at radius 3 is 2.41 bits per heavy atom. The van der Waals surface area contributed by atoms with Crippen molar-refractivity contribution < 1.29 is 14.0 Å². The van der Waals surface area contributed by atoms with Crippen LogP contribution in [0, 0.1) is 13.8 Å². The van der Waals surface area contributed by atoms with Crippen LogP contribution in [0.2, 0.25) is 5.02 Å². The van der Waals surface area contributed by atoms with Crippen molar-refractivity contribution >= 4 is 23.5 Å². The molecular formula is C15H16ClN3O3. The van der Waals surface area contributed by atoms with Gasteiger partial charge in [-0.15, -0.1) is 0 Å². The molecule has 0 atom stereocenters. The minimum absolute atomic E-state index is 0.322. The molecule has 0 saturated heterocycles. The maximum atomic E-state index is 11.9. The van der Waals surface area contributed by atoms with Crippen molar-refractivity contribution in [1.29, 1.82) is 0 Å². The van der Waals surface area contributed by atoms with Crippen LogP contribution >= 0.6 is 11.6 Å². The van der Waals surface area contributed by atoms with Gasteiger partial charge in [0, 0.05) is 11.6 Å². The number of urea groups is 1. The van der Waals surface area contributed by atoms with Crippen LogP contribution < -0.4 is 16.2 Å². The second-order valence-electron chi connectivity index (χ2n) is 4.72. The van der Waals surface area contributed by atoms with Gasteiger partial charge in [0.25, 0.3) is 5.91 Å². The van der Waals surface area contributed by atoms with Gasteiger partial charge in [-0.25, -0.2) is 10.2 Å². The molecule has 6 nitrogen and oxygen atoms in total. The van der Waals surface area contributed by atoms with E-state index in [1.165, 1.54) is 0 Å². The SMILES string of the molecule is Cc1cc(C(=O)NNC(=O)NCc2ccc(Cl)cc2)c(C)o1. The largest absolute Gasteiger partial charge is 0.466 e. The van der Waals surface area contributed by atoms with E-state index in [9.17, 15) is 9.59 Å². The van der Waals surface area contributed by atoms with Gasteiger partial charge in [-0.2, -0.15) is 0 Å². The number of amides is 3. The molecular weight excluding hydrogens is 306 g/mol. The molecule has 3 N–H and O–H groups in total. The summed E-state index contributed by atoms with van der Waals surface area (Å²) in [4.78, 5) is 23.5. The van der Waals surface area contributed by atoms with Crippen molar-refractivity contribution in [2.24, 2.45) is 0 Å². The third kappa shape index (κ3) is 4.26. The van der Waals surface area contributed by atoms with Gasteiger partial charge in [0.1, 0.15) is 11.5 Å². The Hall–Kier alpha value is -2.47. The number of hydrazine groups is 1. The molecule has 0 aliphatic heterocycles. The van der Waals surface area contributed by atoms with Crippen molar-refractivity contribution in [1.82, 2.24) is 16.2 Å². The Morgan fingerprint density at radius 2 is 1.82 bits per heavy atom. The third-order valence-electron chi connectivity index (χ3n) is 2.94. The number of nitrogens with one attached hydrogen (secondary N) is 3. The first kappa shape index (κ1) is 15.9. The summed E-state index contributed by atoms with van der Waals surface area (Å²) < 4.78 is 5.26. The summed E-state index contributed by atoms with van der Waals surface area (Å²) in [5.74, 6) is 0.698. The Balaban J connectivity index is 1.79. The summed E-state index contributed by atoms with van der Waals surface area (Å²) in [6, 6.07) is 8.18. The molecule has 1 aromatic carbocycles. The zero-order chi connectivity index (χ0) is 16.1. The van der Waals surface area contributed by atoms with Crippen molar-refractivity contribution in [3.8, 4) is 0 Å². The van der Waals surface area contributed by atoms with Crippen molar-refractivity contribution in [3.05, 3.63) is 58.0 Å². The fraction of sp³-hybridized carbons (Fsp3) is 0.200. The van der Waals surface area contributed by atoms with Crippen LogP contribution in [-0.4, -0.2) is 11.9 Å². The van der Waals surface area contributed by atoms with Crippen molar-refractivity contribution in [2.45, 2.75) is 20.4 Å². The van der Waals surface area contributed by atoms with Crippen LogP contribution in [0.25, 0.3) is 0 Å². The van der Waals surface area contributed by atoms with E-state index in [-0.39, 0.29) is 0 Å². The molecule has 0 aliphatic rings. The summed E-state index contributed by atoms with van der Waals surface area (Å²) in [6.45, 7) is 3.75. The molecule has 0 radical (unpaired) electrons. The van der Waals surface area contributed by atoms with Gasteiger partial charge in [0.2, 0.25) is 0 Å². The maximum absolute atomic E-state index is 11.9. The molecule has 1 aromatic heterocycles. The van der Waals surface area contributed by atoms with E-state index in [0.29, 0.717) is 28.7 Å². The highest BCUT2D eigenvalue weighted by molar-refractivity contribution is 6.30. The highest BCUT2D eigenvalue weighted by Crippen LogP contribution is 2.13. The molecule has 2 aromatic rings. The minimum Gasteiger partial charge on any atom is -0.466 e. The quantitative estimate of drug-likeness (QED) is 0.760. The predicted octanol–water partition coefficient (Wildman–Crippen LogP) is 2.69. The average Bonchev–Trinajstić information content (AvgIpc) is 2.83. The van der Waals surface area contributed by atoms with E-state index < -0.39 is 11.9 Å². The molecule has 0 spiro atoms. The molecule has 3 amide bonds. The van der Waals surface area contributed by atoms with Crippen LogP contribution in [0.15, 0.2) is 34.7 Å². The van der Waals surface area contributed by atoms with Crippen LogP contribution in [0.4, 0.5) is 4.79 Å². The van der Waals surface area contributed by atoms with Crippen LogP contribution in [-0.2, 0) is 6.54 Å². The molecule has 116 valence electrons. The van der Waals surface area contributed by atoms with E-state index >= 15 is 0 Å². The third-order valence-corrected chi connectivity index (χ3v) is 3.19. The van der Waals surface area contributed by atoms with Gasteiger partial charge in [-0.05, 0) is 37.6 Å². The number of halogens is 1. The van der Waals surface area contributed by atoms with Gasteiger partial charge in [0.15, 0.2) is 0 Å². The standard InChI is InChI=1S/C15H16ClN3O3/c1-9-7-13(10(2)22-9)14(20)18-19-15(21)17-8-11-3-5-12(16)6-4-11/h3-7H,8H2,1-2H3,(H,18,20)(H2,17,19,21). The Kier molecular flexibility index (Phi) is 5.06. The van der Waals surface area contributed by atoms with Crippen molar-refractivity contribution in [3.63, 3.8) is 0 Å². The normalized spacial score (nSPS) is 10.1. The number of benzene rings is 1. The summed E-state index contributed by atoms with van der Waals surface area (Å²) in [5.41, 5.74) is 5.88. The molecule has 0 unspecified atom stereocenters. The Bertz CT molecular complexity index is 680. The lowest BCUT2D eigenvalue weighted by molar-refractivity contribution is 0.0934. The number of rotatable bonds is 3. The fourth-order valence-corrected chi connectivity index (χ4v) is 1.99. The summed E-state index contributed by atoms with van der Waals surface area (Å²) in [6.07, 6.45) is 0. The molecule has 0 saturated carbocycles. The van der Waals surface area contributed by atoms with Crippen LogP contribution in [0.5, 0.6) is 0 Å². The zero-order valence-electron chi connectivity index (χ0n) is 12.2. The first-order valence-electron chi connectivity index (χ1n) is 6.61. The van der Waals surface area contributed by atoms with Gasteiger partial charge in [0.05, 0.1) is 5.56 Å². The first-order valence-corrected chi connectivity index (χ1v) is 6.99. The number of hydrogen-bond donors (Lipinski definition) is 3. The highest BCUT2D eigenvalue weighted by atomic mass is 35.5. The number of carbonyl (C=O) groups excluding carboxylic acids is 2. The van der Waals surface area contributed by atoms with E-state index in [2.05, 4.69) is 16.2 Å². The monoisotopic (exact) mass is 321 g/mol. The fourth-order valence-electron chi connectivity index (χ4n) is 1.87. The van der Waals surface area contributed by atoms with Crippen LogP contribution in [0.3, 0.4) is 0 Å². The van der Waals surface area contributed by atoms with Gasteiger partial charge < -0.3 is 9.73 Å². The number of aryl methyl sites for hydroxylation is 2. The topological polar surface area (TPSA) is 83.4 Å². The number of hydrogen-bond acceptors (Lipinski definition) is 3. The second kappa shape index (κ2) is 7.00.